The van der Waals surface area contributed by atoms with Crippen molar-refractivity contribution in [2.45, 2.75) is 18.7 Å². The van der Waals surface area contributed by atoms with Crippen LogP contribution < -0.4 is 14.3 Å². The van der Waals surface area contributed by atoms with Gasteiger partial charge in [0.1, 0.15) is 5.75 Å². The molecular formula is C17H18N2O4S2. The number of hydrogen-bond acceptors (Lipinski definition) is 5. The Hall–Kier alpha value is -2.32. The van der Waals surface area contributed by atoms with Gasteiger partial charge >= 0.3 is 4.87 Å². The van der Waals surface area contributed by atoms with E-state index in [4.69, 9.17) is 4.74 Å². The molecule has 1 N–H and O–H groups in total. The van der Waals surface area contributed by atoms with E-state index in [1.807, 2.05) is 0 Å². The molecule has 8 heteroatoms. The molecule has 1 heterocycles. The Labute approximate surface area is 149 Å². The van der Waals surface area contributed by atoms with Gasteiger partial charge in [-0.3, -0.25) is 9.52 Å². The Kier molecular flexibility index (Phi) is 4.34. The molecule has 0 saturated heterocycles. The van der Waals surface area contributed by atoms with Gasteiger partial charge in [0.15, 0.2) is 0 Å². The van der Waals surface area contributed by atoms with Crippen molar-refractivity contribution in [1.29, 1.82) is 0 Å². The predicted octanol–water partition coefficient (Wildman–Crippen LogP) is 3.03. The van der Waals surface area contributed by atoms with Crippen molar-refractivity contribution in [2.75, 3.05) is 11.8 Å². The zero-order chi connectivity index (χ0) is 18.4. The Morgan fingerprint density at radius 1 is 1.12 bits per heavy atom. The topological polar surface area (TPSA) is 77.4 Å². The SMILES string of the molecule is COc1cc(C)c(S(=O)(=O)Nc2ccc3c(c2)sc(=O)n3C)c(C)c1. The summed E-state index contributed by atoms with van der Waals surface area (Å²) >= 11 is 1.08. The largest absolute Gasteiger partial charge is 0.497 e. The summed E-state index contributed by atoms with van der Waals surface area (Å²) in [4.78, 5) is 11.9. The second kappa shape index (κ2) is 6.20. The number of nitrogens with zero attached hydrogens (tertiary/aromatic N) is 1. The molecule has 0 radical (unpaired) electrons. The maximum absolute atomic E-state index is 12.8. The molecule has 0 aliphatic rings. The number of hydrogen-bond donors (Lipinski definition) is 1. The molecule has 0 saturated carbocycles. The molecule has 1 aromatic heterocycles. The highest BCUT2D eigenvalue weighted by molar-refractivity contribution is 7.92. The molecule has 0 aliphatic carbocycles. The highest BCUT2D eigenvalue weighted by Gasteiger charge is 2.21. The van der Waals surface area contributed by atoms with Crippen LogP contribution >= 0.6 is 11.3 Å². The van der Waals surface area contributed by atoms with Crippen molar-refractivity contribution in [3.63, 3.8) is 0 Å². The van der Waals surface area contributed by atoms with E-state index in [2.05, 4.69) is 4.72 Å². The van der Waals surface area contributed by atoms with E-state index in [0.717, 1.165) is 21.6 Å². The number of sulfonamides is 1. The lowest BCUT2D eigenvalue weighted by atomic mass is 10.1. The number of fused-ring (bicyclic) bond motifs is 1. The Morgan fingerprint density at radius 3 is 2.36 bits per heavy atom. The minimum absolute atomic E-state index is 0.0862. The van der Waals surface area contributed by atoms with Crippen LogP contribution in [0.1, 0.15) is 11.1 Å². The van der Waals surface area contributed by atoms with Crippen LogP contribution in [0.2, 0.25) is 0 Å². The second-order valence-electron chi connectivity index (χ2n) is 5.81. The van der Waals surface area contributed by atoms with E-state index < -0.39 is 10.0 Å². The number of anilines is 1. The molecule has 0 unspecified atom stereocenters. The van der Waals surface area contributed by atoms with Crippen LogP contribution in [-0.2, 0) is 17.1 Å². The van der Waals surface area contributed by atoms with Gasteiger partial charge in [0.25, 0.3) is 10.0 Å². The number of ether oxygens (including phenoxy) is 1. The van der Waals surface area contributed by atoms with Crippen LogP contribution in [0, 0.1) is 13.8 Å². The van der Waals surface area contributed by atoms with Gasteiger partial charge in [0, 0.05) is 7.05 Å². The van der Waals surface area contributed by atoms with Gasteiger partial charge in [0.05, 0.1) is 27.9 Å². The van der Waals surface area contributed by atoms with Gasteiger partial charge in [-0.2, -0.15) is 0 Å². The fourth-order valence-electron chi connectivity index (χ4n) is 2.86. The first-order valence-corrected chi connectivity index (χ1v) is 9.80. The van der Waals surface area contributed by atoms with Gasteiger partial charge in [-0.25, -0.2) is 8.42 Å². The first-order valence-electron chi connectivity index (χ1n) is 7.50. The average Bonchev–Trinajstić information content (AvgIpc) is 2.80. The monoisotopic (exact) mass is 378 g/mol. The van der Waals surface area contributed by atoms with Crippen molar-refractivity contribution in [3.05, 3.63) is 51.1 Å². The first-order chi connectivity index (χ1) is 11.7. The molecule has 0 aliphatic heterocycles. The number of aryl methyl sites for hydroxylation is 3. The lowest BCUT2D eigenvalue weighted by molar-refractivity contribution is 0.413. The number of benzene rings is 2. The van der Waals surface area contributed by atoms with Gasteiger partial charge in [-0.05, 0) is 55.3 Å². The molecule has 25 heavy (non-hydrogen) atoms. The Bertz CT molecular complexity index is 1100. The summed E-state index contributed by atoms with van der Waals surface area (Å²) in [6.07, 6.45) is 0. The maximum atomic E-state index is 12.8. The number of nitrogens with one attached hydrogen (secondary N) is 1. The number of thiazole rings is 1. The average molecular weight is 378 g/mol. The van der Waals surface area contributed by atoms with Gasteiger partial charge in [-0.15, -0.1) is 0 Å². The Balaban J connectivity index is 2.04. The third kappa shape index (κ3) is 3.14. The maximum Gasteiger partial charge on any atom is 0.307 e. The molecule has 0 fully saturated rings. The molecular weight excluding hydrogens is 360 g/mol. The highest BCUT2D eigenvalue weighted by Crippen LogP contribution is 2.28. The van der Waals surface area contributed by atoms with E-state index in [9.17, 15) is 13.2 Å². The minimum Gasteiger partial charge on any atom is -0.497 e. The van der Waals surface area contributed by atoms with Crippen molar-refractivity contribution in [2.24, 2.45) is 7.05 Å². The molecule has 2 aromatic carbocycles. The van der Waals surface area contributed by atoms with E-state index in [1.165, 1.54) is 4.57 Å². The fourth-order valence-corrected chi connectivity index (χ4v) is 5.28. The molecule has 0 spiro atoms. The summed E-state index contributed by atoms with van der Waals surface area (Å²) < 4.78 is 35.7. The van der Waals surface area contributed by atoms with Crippen molar-refractivity contribution < 1.29 is 13.2 Å². The summed E-state index contributed by atoms with van der Waals surface area (Å²) in [5.41, 5.74) is 2.41. The summed E-state index contributed by atoms with van der Waals surface area (Å²) in [6, 6.07) is 8.44. The number of aromatic nitrogens is 1. The standard InChI is InChI=1S/C17H18N2O4S2/c1-10-7-13(23-4)8-11(2)16(10)25(21,22)18-12-5-6-14-15(9-12)24-17(20)19(14)3/h5-9,18H,1-4H3. The van der Waals surface area contributed by atoms with E-state index >= 15 is 0 Å². The summed E-state index contributed by atoms with van der Waals surface area (Å²) in [5.74, 6) is 0.615. The molecule has 132 valence electrons. The van der Waals surface area contributed by atoms with Crippen molar-refractivity contribution in [3.8, 4) is 5.75 Å². The molecule has 0 atom stereocenters. The second-order valence-corrected chi connectivity index (χ2v) is 8.42. The van der Waals surface area contributed by atoms with Crippen LogP contribution in [0.5, 0.6) is 5.75 Å². The van der Waals surface area contributed by atoms with Crippen LogP contribution in [0.3, 0.4) is 0 Å². The first kappa shape index (κ1) is 17.5. The van der Waals surface area contributed by atoms with Crippen LogP contribution in [-0.4, -0.2) is 20.1 Å². The minimum atomic E-state index is -3.76. The molecule has 3 rings (SSSR count). The van der Waals surface area contributed by atoms with Crippen molar-refractivity contribution in [1.82, 2.24) is 4.57 Å². The highest BCUT2D eigenvalue weighted by atomic mass is 32.2. The summed E-state index contributed by atoms with van der Waals surface area (Å²) in [7, 11) is -0.525. The summed E-state index contributed by atoms with van der Waals surface area (Å²) in [5, 5.41) is 0. The molecule has 0 amide bonds. The lowest BCUT2D eigenvalue weighted by Crippen LogP contribution is -2.15. The zero-order valence-electron chi connectivity index (χ0n) is 14.3. The normalized spacial score (nSPS) is 11.7. The van der Waals surface area contributed by atoms with Crippen LogP contribution in [0.25, 0.3) is 10.2 Å². The quantitative estimate of drug-likeness (QED) is 0.757. The Morgan fingerprint density at radius 2 is 1.76 bits per heavy atom. The van der Waals surface area contributed by atoms with Crippen molar-refractivity contribution >= 4 is 37.3 Å². The van der Waals surface area contributed by atoms with Gasteiger partial charge < -0.3 is 9.30 Å². The fraction of sp³-hybridized carbons (Fsp3) is 0.235. The van der Waals surface area contributed by atoms with Gasteiger partial charge in [-0.1, -0.05) is 11.3 Å². The van der Waals surface area contributed by atoms with E-state index in [-0.39, 0.29) is 9.77 Å². The van der Waals surface area contributed by atoms with Gasteiger partial charge in [0.2, 0.25) is 0 Å². The number of methoxy groups -OCH3 is 1. The van der Waals surface area contributed by atoms with E-state index in [1.54, 1.807) is 58.3 Å². The zero-order valence-corrected chi connectivity index (χ0v) is 15.9. The molecule has 0 bridgehead atoms. The van der Waals surface area contributed by atoms with Crippen LogP contribution in [0.15, 0.2) is 40.0 Å². The number of rotatable bonds is 4. The van der Waals surface area contributed by atoms with E-state index in [0.29, 0.717) is 22.6 Å². The third-order valence-electron chi connectivity index (χ3n) is 3.98. The smallest absolute Gasteiger partial charge is 0.307 e. The lowest BCUT2D eigenvalue weighted by Gasteiger charge is -2.14. The van der Waals surface area contributed by atoms with Crippen LogP contribution in [0.4, 0.5) is 5.69 Å². The third-order valence-corrected chi connectivity index (χ3v) is 6.66. The summed E-state index contributed by atoms with van der Waals surface area (Å²) in [6.45, 7) is 3.46. The molecule has 6 nitrogen and oxygen atoms in total. The molecule has 3 aromatic rings. The predicted molar refractivity (Wildman–Crippen MR) is 100 cm³/mol.